The number of benzene rings is 1. The molecule has 0 bridgehead atoms. The summed E-state index contributed by atoms with van der Waals surface area (Å²) < 4.78 is 0. The standard InChI is InChI=1S/C14H24N2O/c1-15-14(9-11-17)12-16(2)10-8-13-6-4-3-5-7-13/h3-7,14-15,17H,8-12H2,1-2H3. The molecule has 96 valence electrons. The average molecular weight is 236 g/mol. The molecule has 0 spiro atoms. The molecular weight excluding hydrogens is 212 g/mol. The van der Waals surface area contributed by atoms with Crippen LogP contribution >= 0.6 is 0 Å². The molecule has 0 radical (unpaired) electrons. The van der Waals surface area contributed by atoms with Gasteiger partial charge in [-0.1, -0.05) is 30.3 Å². The quantitative estimate of drug-likeness (QED) is 0.710. The summed E-state index contributed by atoms with van der Waals surface area (Å²) in [5, 5.41) is 12.2. The number of nitrogens with zero attached hydrogens (tertiary/aromatic N) is 1. The van der Waals surface area contributed by atoms with E-state index in [2.05, 4.69) is 41.5 Å². The highest BCUT2D eigenvalue weighted by Crippen LogP contribution is 2.01. The van der Waals surface area contributed by atoms with Crippen molar-refractivity contribution in [1.29, 1.82) is 0 Å². The van der Waals surface area contributed by atoms with Gasteiger partial charge in [0.2, 0.25) is 0 Å². The second-order valence-electron chi connectivity index (χ2n) is 4.50. The Kier molecular flexibility index (Phi) is 6.86. The smallest absolute Gasteiger partial charge is 0.0446 e. The van der Waals surface area contributed by atoms with E-state index in [4.69, 9.17) is 5.11 Å². The van der Waals surface area contributed by atoms with Gasteiger partial charge in [0.05, 0.1) is 0 Å². The Balaban J connectivity index is 2.27. The Morgan fingerprint density at radius 2 is 2.00 bits per heavy atom. The van der Waals surface area contributed by atoms with Gasteiger partial charge in [0, 0.05) is 25.7 Å². The molecule has 1 aromatic rings. The second-order valence-corrected chi connectivity index (χ2v) is 4.50. The van der Waals surface area contributed by atoms with Crippen molar-refractivity contribution in [3.8, 4) is 0 Å². The molecule has 0 saturated heterocycles. The summed E-state index contributed by atoms with van der Waals surface area (Å²) in [5.74, 6) is 0. The van der Waals surface area contributed by atoms with Crippen LogP contribution in [0.2, 0.25) is 0 Å². The lowest BCUT2D eigenvalue weighted by molar-refractivity contribution is 0.234. The van der Waals surface area contributed by atoms with Gasteiger partial charge in [0.25, 0.3) is 0 Å². The monoisotopic (exact) mass is 236 g/mol. The first-order valence-electron chi connectivity index (χ1n) is 6.27. The van der Waals surface area contributed by atoms with Crippen LogP contribution in [0.1, 0.15) is 12.0 Å². The van der Waals surface area contributed by atoms with Crippen molar-refractivity contribution in [2.45, 2.75) is 18.9 Å². The van der Waals surface area contributed by atoms with Gasteiger partial charge in [-0.3, -0.25) is 0 Å². The molecule has 3 nitrogen and oxygen atoms in total. The Hall–Kier alpha value is -0.900. The van der Waals surface area contributed by atoms with Gasteiger partial charge < -0.3 is 15.3 Å². The van der Waals surface area contributed by atoms with E-state index < -0.39 is 0 Å². The summed E-state index contributed by atoms with van der Waals surface area (Å²) in [4.78, 5) is 2.31. The maximum atomic E-state index is 8.93. The summed E-state index contributed by atoms with van der Waals surface area (Å²) in [7, 11) is 4.08. The Morgan fingerprint density at radius 1 is 1.29 bits per heavy atom. The minimum absolute atomic E-state index is 0.248. The van der Waals surface area contributed by atoms with E-state index in [1.807, 2.05) is 13.1 Å². The molecule has 0 fully saturated rings. The molecular formula is C14H24N2O. The Bertz CT molecular complexity index is 290. The van der Waals surface area contributed by atoms with Crippen LogP contribution in [0, 0.1) is 0 Å². The van der Waals surface area contributed by atoms with E-state index in [9.17, 15) is 0 Å². The molecule has 0 aliphatic heterocycles. The zero-order chi connectivity index (χ0) is 12.5. The van der Waals surface area contributed by atoms with Crippen LogP contribution in [0.3, 0.4) is 0 Å². The summed E-state index contributed by atoms with van der Waals surface area (Å²) in [6.45, 7) is 2.27. The van der Waals surface area contributed by atoms with Crippen LogP contribution in [0.25, 0.3) is 0 Å². The first-order valence-corrected chi connectivity index (χ1v) is 6.27. The van der Waals surface area contributed by atoms with Crippen LogP contribution in [0.15, 0.2) is 30.3 Å². The van der Waals surface area contributed by atoms with E-state index >= 15 is 0 Å². The highest BCUT2D eigenvalue weighted by molar-refractivity contribution is 5.14. The summed E-state index contributed by atoms with van der Waals surface area (Å²) in [6, 6.07) is 10.9. The van der Waals surface area contributed by atoms with E-state index in [0.717, 1.165) is 25.9 Å². The third kappa shape index (κ3) is 5.82. The summed E-state index contributed by atoms with van der Waals surface area (Å²) in [6.07, 6.45) is 1.89. The van der Waals surface area contributed by atoms with Crippen molar-refractivity contribution in [2.24, 2.45) is 0 Å². The molecule has 1 atom stereocenters. The van der Waals surface area contributed by atoms with Gasteiger partial charge >= 0.3 is 0 Å². The third-order valence-electron chi connectivity index (χ3n) is 3.04. The number of rotatable bonds is 8. The fraction of sp³-hybridized carbons (Fsp3) is 0.571. The number of likely N-dealkylation sites (N-methyl/N-ethyl adjacent to an activating group) is 2. The molecule has 0 saturated carbocycles. The van der Waals surface area contributed by atoms with Crippen LogP contribution in [0.5, 0.6) is 0 Å². The van der Waals surface area contributed by atoms with Crippen LogP contribution < -0.4 is 5.32 Å². The maximum Gasteiger partial charge on any atom is 0.0446 e. The predicted octanol–water partition coefficient (Wildman–Crippen LogP) is 1.13. The number of nitrogens with one attached hydrogen (secondary N) is 1. The number of hydrogen-bond donors (Lipinski definition) is 2. The summed E-state index contributed by atoms with van der Waals surface area (Å²) in [5.41, 5.74) is 1.38. The first-order chi connectivity index (χ1) is 8.26. The van der Waals surface area contributed by atoms with E-state index in [1.165, 1.54) is 5.56 Å². The fourth-order valence-corrected chi connectivity index (χ4v) is 1.91. The molecule has 0 aliphatic rings. The minimum atomic E-state index is 0.248. The van der Waals surface area contributed by atoms with Gasteiger partial charge in [-0.05, 0) is 32.5 Å². The topological polar surface area (TPSA) is 35.5 Å². The molecule has 1 aromatic carbocycles. The van der Waals surface area contributed by atoms with E-state index in [-0.39, 0.29) is 6.61 Å². The molecule has 0 aliphatic carbocycles. The second kappa shape index (κ2) is 8.23. The normalized spacial score (nSPS) is 12.9. The Morgan fingerprint density at radius 3 is 2.59 bits per heavy atom. The highest BCUT2D eigenvalue weighted by atomic mass is 16.3. The van der Waals surface area contributed by atoms with E-state index in [0.29, 0.717) is 6.04 Å². The van der Waals surface area contributed by atoms with Gasteiger partial charge in [-0.25, -0.2) is 0 Å². The van der Waals surface area contributed by atoms with Crippen molar-refractivity contribution in [2.75, 3.05) is 33.8 Å². The maximum absolute atomic E-state index is 8.93. The van der Waals surface area contributed by atoms with Crippen molar-refractivity contribution >= 4 is 0 Å². The average Bonchev–Trinajstić information content (AvgIpc) is 2.37. The molecule has 0 heterocycles. The Labute approximate surface area is 104 Å². The van der Waals surface area contributed by atoms with Crippen LogP contribution in [-0.2, 0) is 6.42 Å². The predicted molar refractivity (Wildman–Crippen MR) is 72.2 cm³/mol. The third-order valence-corrected chi connectivity index (χ3v) is 3.04. The molecule has 0 amide bonds. The highest BCUT2D eigenvalue weighted by Gasteiger charge is 2.08. The fourth-order valence-electron chi connectivity index (χ4n) is 1.91. The first kappa shape index (κ1) is 14.2. The molecule has 1 unspecified atom stereocenters. The number of aliphatic hydroxyl groups is 1. The van der Waals surface area contributed by atoms with Gasteiger partial charge in [-0.2, -0.15) is 0 Å². The number of hydrogen-bond acceptors (Lipinski definition) is 3. The lowest BCUT2D eigenvalue weighted by Gasteiger charge is -2.23. The molecule has 0 aromatic heterocycles. The van der Waals surface area contributed by atoms with Crippen molar-refractivity contribution in [3.63, 3.8) is 0 Å². The van der Waals surface area contributed by atoms with E-state index in [1.54, 1.807) is 0 Å². The molecule has 3 heteroatoms. The molecule has 17 heavy (non-hydrogen) atoms. The van der Waals surface area contributed by atoms with Crippen molar-refractivity contribution in [3.05, 3.63) is 35.9 Å². The zero-order valence-corrected chi connectivity index (χ0v) is 10.9. The van der Waals surface area contributed by atoms with Gasteiger partial charge in [0.1, 0.15) is 0 Å². The van der Waals surface area contributed by atoms with Crippen molar-refractivity contribution in [1.82, 2.24) is 10.2 Å². The van der Waals surface area contributed by atoms with Crippen molar-refractivity contribution < 1.29 is 5.11 Å². The summed E-state index contributed by atoms with van der Waals surface area (Å²) >= 11 is 0. The van der Waals surface area contributed by atoms with Gasteiger partial charge in [0.15, 0.2) is 0 Å². The lowest BCUT2D eigenvalue weighted by Crippen LogP contribution is -2.39. The zero-order valence-electron chi connectivity index (χ0n) is 10.9. The van der Waals surface area contributed by atoms with Crippen LogP contribution in [-0.4, -0.2) is 49.8 Å². The number of aliphatic hydroxyl groups excluding tert-OH is 1. The SMILES string of the molecule is CNC(CCO)CN(C)CCc1ccccc1. The molecule has 1 rings (SSSR count). The van der Waals surface area contributed by atoms with Crippen LogP contribution in [0.4, 0.5) is 0 Å². The molecule has 2 N–H and O–H groups in total. The minimum Gasteiger partial charge on any atom is -0.396 e. The van der Waals surface area contributed by atoms with Gasteiger partial charge in [-0.15, -0.1) is 0 Å². The largest absolute Gasteiger partial charge is 0.396 e. The lowest BCUT2D eigenvalue weighted by atomic mass is 10.1.